The summed E-state index contributed by atoms with van der Waals surface area (Å²) in [6.07, 6.45) is 1.56. The molecule has 0 amide bonds. The molecule has 150 valence electrons. The van der Waals surface area contributed by atoms with Gasteiger partial charge in [0.05, 0.1) is 22.7 Å². The third-order valence-electron chi connectivity index (χ3n) is 3.80. The van der Waals surface area contributed by atoms with Gasteiger partial charge in [-0.15, -0.1) is 0 Å². The number of aliphatic imine (C=N–C) groups is 1. The largest absolute Gasteiger partial charge is 0.493 e. The summed E-state index contributed by atoms with van der Waals surface area (Å²) in [5, 5.41) is 0.788. The molecule has 2 aromatic rings. The Hall–Kier alpha value is -2.03. The first-order chi connectivity index (χ1) is 13.8. The lowest BCUT2D eigenvalue weighted by Crippen LogP contribution is -2.06. The van der Waals surface area contributed by atoms with E-state index < -0.39 is 5.97 Å². The van der Waals surface area contributed by atoms with Crippen LogP contribution in [-0.2, 0) is 9.53 Å². The first-order valence-corrected chi connectivity index (χ1v) is 10.2. The standard InChI is InChI=1S/C21H16Cl2INO4/c1-11(2)10-28-19-16(23)6-12(8-18(19)27-3)7-17-21(26)29-20(25-17)14-9-13(24)4-5-15(14)22/h4-9H,1,10H2,2-3H3/b17-7-. The van der Waals surface area contributed by atoms with Gasteiger partial charge in [0.15, 0.2) is 17.2 Å². The van der Waals surface area contributed by atoms with Crippen LogP contribution in [0.3, 0.4) is 0 Å². The van der Waals surface area contributed by atoms with Gasteiger partial charge in [-0.25, -0.2) is 9.79 Å². The molecule has 1 aliphatic rings. The molecule has 0 radical (unpaired) electrons. The van der Waals surface area contributed by atoms with Crippen molar-refractivity contribution < 1.29 is 19.0 Å². The zero-order valence-corrected chi connectivity index (χ0v) is 19.3. The fourth-order valence-electron chi connectivity index (χ4n) is 2.50. The van der Waals surface area contributed by atoms with Crippen LogP contribution in [0.5, 0.6) is 11.5 Å². The quantitative estimate of drug-likeness (QED) is 0.197. The molecule has 8 heteroatoms. The van der Waals surface area contributed by atoms with Gasteiger partial charge >= 0.3 is 5.97 Å². The molecule has 0 spiro atoms. The van der Waals surface area contributed by atoms with Gasteiger partial charge in [-0.1, -0.05) is 29.8 Å². The number of ether oxygens (including phenoxy) is 3. The molecule has 0 aliphatic carbocycles. The molecule has 0 saturated heterocycles. The Labute approximate surface area is 192 Å². The van der Waals surface area contributed by atoms with Gasteiger partial charge in [-0.05, 0) is 77.1 Å². The highest BCUT2D eigenvalue weighted by molar-refractivity contribution is 14.1. The maximum Gasteiger partial charge on any atom is 0.363 e. The molecule has 0 N–H and O–H groups in total. The monoisotopic (exact) mass is 543 g/mol. The highest BCUT2D eigenvalue weighted by atomic mass is 127. The number of carbonyl (C=O) groups is 1. The minimum atomic E-state index is -0.576. The number of hydrogen-bond acceptors (Lipinski definition) is 5. The number of hydrogen-bond donors (Lipinski definition) is 0. The average molecular weight is 544 g/mol. The zero-order valence-electron chi connectivity index (χ0n) is 15.6. The SMILES string of the molecule is C=C(C)COc1c(Cl)cc(/C=C2\N=C(c3cc(I)ccc3Cl)OC2=O)cc1OC. The zero-order chi connectivity index (χ0) is 21.1. The van der Waals surface area contributed by atoms with E-state index in [0.29, 0.717) is 39.3 Å². The number of carbonyl (C=O) groups excluding carboxylic acids is 1. The van der Waals surface area contributed by atoms with Crippen LogP contribution in [0.25, 0.3) is 6.08 Å². The number of benzene rings is 2. The van der Waals surface area contributed by atoms with Crippen molar-refractivity contribution in [3.63, 3.8) is 0 Å². The second-order valence-electron chi connectivity index (χ2n) is 6.24. The Morgan fingerprint density at radius 3 is 2.72 bits per heavy atom. The Balaban J connectivity index is 1.96. The summed E-state index contributed by atoms with van der Waals surface area (Å²) < 4.78 is 17.3. The Kier molecular flexibility index (Phi) is 6.87. The number of methoxy groups -OCH3 is 1. The summed E-state index contributed by atoms with van der Waals surface area (Å²) in [6.45, 7) is 5.96. The third kappa shape index (κ3) is 5.12. The van der Waals surface area contributed by atoms with Crippen LogP contribution in [0.4, 0.5) is 0 Å². The molecular weight excluding hydrogens is 528 g/mol. The Morgan fingerprint density at radius 1 is 1.28 bits per heavy atom. The van der Waals surface area contributed by atoms with E-state index in [-0.39, 0.29) is 11.6 Å². The number of nitrogens with zero attached hydrogens (tertiary/aromatic N) is 1. The van der Waals surface area contributed by atoms with Crippen LogP contribution >= 0.6 is 45.8 Å². The Morgan fingerprint density at radius 2 is 2.03 bits per heavy atom. The van der Waals surface area contributed by atoms with Crippen LogP contribution < -0.4 is 9.47 Å². The van der Waals surface area contributed by atoms with E-state index >= 15 is 0 Å². The molecule has 0 saturated carbocycles. The van der Waals surface area contributed by atoms with Crippen LogP contribution in [0, 0.1) is 3.57 Å². The van der Waals surface area contributed by atoms with Crippen LogP contribution in [0.2, 0.25) is 10.0 Å². The second kappa shape index (κ2) is 9.19. The molecule has 29 heavy (non-hydrogen) atoms. The van der Waals surface area contributed by atoms with Crippen LogP contribution in [-0.4, -0.2) is 25.6 Å². The average Bonchev–Trinajstić information content (AvgIpc) is 3.02. The van der Waals surface area contributed by atoms with E-state index in [9.17, 15) is 4.79 Å². The van der Waals surface area contributed by atoms with Crippen LogP contribution in [0.15, 0.2) is 53.2 Å². The lowest BCUT2D eigenvalue weighted by atomic mass is 10.1. The second-order valence-corrected chi connectivity index (χ2v) is 8.30. The number of cyclic esters (lactones) is 1. The van der Waals surface area contributed by atoms with Crippen molar-refractivity contribution in [1.82, 2.24) is 0 Å². The Bertz CT molecular complexity index is 1060. The summed E-state index contributed by atoms with van der Waals surface area (Å²) in [4.78, 5) is 16.6. The summed E-state index contributed by atoms with van der Waals surface area (Å²) in [5.41, 5.74) is 2.14. The molecule has 1 aliphatic heterocycles. The van der Waals surface area contributed by atoms with Gasteiger partial charge in [-0.2, -0.15) is 0 Å². The van der Waals surface area contributed by atoms with E-state index in [0.717, 1.165) is 9.14 Å². The van der Waals surface area contributed by atoms with E-state index in [1.54, 1.807) is 30.3 Å². The summed E-state index contributed by atoms with van der Waals surface area (Å²) in [5.74, 6) is 0.418. The predicted molar refractivity (Wildman–Crippen MR) is 123 cm³/mol. The minimum Gasteiger partial charge on any atom is -0.493 e. The number of halogens is 3. The van der Waals surface area contributed by atoms with Gasteiger partial charge in [0.2, 0.25) is 5.90 Å². The van der Waals surface area contributed by atoms with Gasteiger partial charge in [-0.3, -0.25) is 0 Å². The number of esters is 1. The number of rotatable bonds is 6. The van der Waals surface area contributed by atoms with Crippen LogP contribution in [0.1, 0.15) is 18.1 Å². The van der Waals surface area contributed by atoms with Crippen molar-refractivity contribution in [2.24, 2.45) is 4.99 Å². The fourth-order valence-corrected chi connectivity index (χ4v) is 3.47. The van der Waals surface area contributed by atoms with Crippen molar-refractivity contribution in [3.05, 3.63) is 72.9 Å². The van der Waals surface area contributed by atoms with E-state index in [1.165, 1.54) is 7.11 Å². The van der Waals surface area contributed by atoms with Gasteiger partial charge in [0.25, 0.3) is 0 Å². The van der Waals surface area contributed by atoms with E-state index in [2.05, 4.69) is 34.2 Å². The fraction of sp³-hybridized carbons (Fsp3) is 0.143. The smallest absolute Gasteiger partial charge is 0.363 e. The van der Waals surface area contributed by atoms with E-state index in [1.807, 2.05) is 13.0 Å². The predicted octanol–water partition coefficient (Wildman–Crippen LogP) is 5.91. The lowest BCUT2D eigenvalue weighted by Gasteiger charge is -2.13. The molecule has 2 aromatic carbocycles. The maximum atomic E-state index is 12.3. The van der Waals surface area contributed by atoms with Crippen molar-refractivity contribution in [2.45, 2.75) is 6.92 Å². The molecule has 0 bridgehead atoms. The molecule has 5 nitrogen and oxygen atoms in total. The molecule has 0 atom stereocenters. The van der Waals surface area contributed by atoms with Crippen molar-refractivity contribution in [3.8, 4) is 11.5 Å². The summed E-state index contributed by atoms with van der Waals surface area (Å²) >= 11 is 14.7. The molecule has 0 fully saturated rings. The molecular formula is C21H16Cl2INO4. The normalized spacial score (nSPS) is 14.6. The van der Waals surface area contributed by atoms with E-state index in [4.69, 9.17) is 37.4 Å². The highest BCUT2D eigenvalue weighted by Crippen LogP contribution is 2.37. The molecule has 1 heterocycles. The first-order valence-electron chi connectivity index (χ1n) is 8.41. The molecule has 0 aromatic heterocycles. The van der Waals surface area contributed by atoms with Crippen molar-refractivity contribution in [2.75, 3.05) is 13.7 Å². The third-order valence-corrected chi connectivity index (χ3v) is 5.08. The van der Waals surface area contributed by atoms with Crippen molar-refractivity contribution >= 4 is 63.7 Å². The summed E-state index contributed by atoms with van der Waals surface area (Å²) in [7, 11) is 1.51. The van der Waals surface area contributed by atoms with Crippen molar-refractivity contribution in [1.29, 1.82) is 0 Å². The minimum absolute atomic E-state index is 0.128. The highest BCUT2D eigenvalue weighted by Gasteiger charge is 2.26. The molecule has 0 unspecified atom stereocenters. The first kappa shape index (κ1) is 21.7. The maximum absolute atomic E-state index is 12.3. The van der Waals surface area contributed by atoms with Gasteiger partial charge in [0.1, 0.15) is 6.61 Å². The van der Waals surface area contributed by atoms with Gasteiger partial charge < -0.3 is 14.2 Å². The topological polar surface area (TPSA) is 57.1 Å². The summed E-state index contributed by atoms with van der Waals surface area (Å²) in [6, 6.07) is 8.73. The van der Waals surface area contributed by atoms with Gasteiger partial charge in [0, 0.05) is 3.57 Å². The molecule has 3 rings (SSSR count). The lowest BCUT2D eigenvalue weighted by molar-refractivity contribution is -0.129.